The first-order valence-corrected chi connectivity index (χ1v) is 11.7. The van der Waals surface area contributed by atoms with E-state index in [1.807, 2.05) is 24.3 Å². The van der Waals surface area contributed by atoms with E-state index in [9.17, 15) is 24.0 Å². The minimum Gasteiger partial charge on any atom is -0.480 e. The Balaban J connectivity index is 1.51. The number of rotatable bonds is 5. The summed E-state index contributed by atoms with van der Waals surface area (Å²) in [4.78, 5) is 63.4. The van der Waals surface area contributed by atoms with Gasteiger partial charge in [-0.05, 0) is 13.0 Å². The standard InChI is InChI=1S/C22H24N4O7S/c1-2-23-20(31)24-18-17(13-5-3-4-6-14(13)34-18)19(30)25-9-7-22(8-10-25)11-15(27)26(12-16(28)29)21(32)33-22/h3-6H,2,7-12H2,1H3,(H,28,29)(H2,23,24,31). The predicted octanol–water partition coefficient (Wildman–Crippen LogP) is 2.47. The first kappa shape index (κ1) is 23.5. The summed E-state index contributed by atoms with van der Waals surface area (Å²) in [5, 5.41) is 15.5. The summed E-state index contributed by atoms with van der Waals surface area (Å²) in [6, 6.07) is 6.98. The highest BCUT2D eigenvalue weighted by Gasteiger charge is 2.48. The number of nitrogens with zero attached hydrogens (tertiary/aromatic N) is 2. The van der Waals surface area contributed by atoms with E-state index in [0.29, 0.717) is 22.0 Å². The number of benzene rings is 1. The van der Waals surface area contributed by atoms with Crippen molar-refractivity contribution in [1.82, 2.24) is 15.1 Å². The molecule has 2 fully saturated rings. The van der Waals surface area contributed by atoms with Crippen LogP contribution in [0.25, 0.3) is 10.1 Å². The van der Waals surface area contributed by atoms with Crippen LogP contribution in [0.1, 0.15) is 36.5 Å². The van der Waals surface area contributed by atoms with Crippen LogP contribution >= 0.6 is 11.3 Å². The number of carbonyl (C=O) groups excluding carboxylic acids is 4. The minimum atomic E-state index is -1.30. The van der Waals surface area contributed by atoms with Crippen LogP contribution < -0.4 is 10.6 Å². The van der Waals surface area contributed by atoms with E-state index in [2.05, 4.69) is 10.6 Å². The Morgan fingerprint density at radius 2 is 1.88 bits per heavy atom. The van der Waals surface area contributed by atoms with Gasteiger partial charge in [0.1, 0.15) is 17.1 Å². The van der Waals surface area contributed by atoms with Gasteiger partial charge in [-0.15, -0.1) is 11.3 Å². The van der Waals surface area contributed by atoms with Gasteiger partial charge in [0.05, 0.1) is 12.0 Å². The second kappa shape index (κ2) is 9.29. The number of anilines is 1. The molecule has 1 spiro atoms. The number of imide groups is 1. The van der Waals surface area contributed by atoms with Crippen LogP contribution in [0.4, 0.5) is 14.6 Å². The van der Waals surface area contributed by atoms with Crippen LogP contribution in [-0.4, -0.2) is 76.6 Å². The lowest BCUT2D eigenvalue weighted by atomic mass is 9.86. The number of thiophene rings is 1. The molecule has 2 saturated heterocycles. The van der Waals surface area contributed by atoms with Gasteiger partial charge in [0.25, 0.3) is 5.91 Å². The van der Waals surface area contributed by atoms with Crippen molar-refractivity contribution in [2.24, 2.45) is 0 Å². The summed E-state index contributed by atoms with van der Waals surface area (Å²) in [5.74, 6) is -2.17. The molecule has 0 aliphatic carbocycles. The summed E-state index contributed by atoms with van der Waals surface area (Å²) in [5.41, 5.74) is -0.661. The summed E-state index contributed by atoms with van der Waals surface area (Å²) >= 11 is 1.31. The highest BCUT2D eigenvalue weighted by molar-refractivity contribution is 7.23. The summed E-state index contributed by atoms with van der Waals surface area (Å²) < 4.78 is 6.35. The zero-order chi connectivity index (χ0) is 24.5. The third-order valence-corrected chi connectivity index (χ3v) is 7.01. The number of likely N-dealkylation sites (tertiary alicyclic amines) is 1. The van der Waals surface area contributed by atoms with Gasteiger partial charge >= 0.3 is 18.1 Å². The molecule has 1 aromatic carbocycles. The Hall–Kier alpha value is -3.67. The molecular weight excluding hydrogens is 464 g/mol. The van der Waals surface area contributed by atoms with Crippen LogP contribution in [0, 0.1) is 0 Å². The number of aliphatic carboxylic acids is 1. The molecule has 180 valence electrons. The van der Waals surface area contributed by atoms with Crippen LogP contribution in [-0.2, 0) is 14.3 Å². The number of piperidine rings is 1. The van der Waals surface area contributed by atoms with E-state index in [1.54, 1.807) is 11.8 Å². The van der Waals surface area contributed by atoms with Gasteiger partial charge in [0.15, 0.2) is 0 Å². The van der Waals surface area contributed by atoms with E-state index in [4.69, 9.17) is 9.84 Å². The van der Waals surface area contributed by atoms with Gasteiger partial charge in [-0.25, -0.2) is 14.5 Å². The van der Waals surface area contributed by atoms with E-state index in [0.717, 1.165) is 10.1 Å². The topological polar surface area (TPSA) is 145 Å². The highest BCUT2D eigenvalue weighted by atomic mass is 32.1. The fraction of sp³-hybridized carbons (Fsp3) is 0.409. The number of nitrogens with one attached hydrogen (secondary N) is 2. The molecule has 0 saturated carbocycles. The van der Waals surface area contributed by atoms with Crippen molar-refractivity contribution in [2.45, 2.75) is 31.8 Å². The fourth-order valence-corrected chi connectivity index (χ4v) is 5.33. The van der Waals surface area contributed by atoms with Gasteiger partial charge in [0, 0.05) is 42.6 Å². The Morgan fingerprint density at radius 1 is 1.18 bits per heavy atom. The molecule has 4 rings (SSSR count). The predicted molar refractivity (Wildman–Crippen MR) is 123 cm³/mol. The molecule has 12 heteroatoms. The normalized spacial score (nSPS) is 17.6. The molecule has 34 heavy (non-hydrogen) atoms. The Labute approximate surface area is 198 Å². The van der Waals surface area contributed by atoms with Crippen molar-refractivity contribution < 1.29 is 33.8 Å². The fourth-order valence-electron chi connectivity index (χ4n) is 4.25. The quantitative estimate of drug-likeness (QED) is 0.586. The third-order valence-electron chi connectivity index (χ3n) is 5.93. The lowest BCUT2D eigenvalue weighted by Crippen LogP contribution is -2.58. The highest BCUT2D eigenvalue weighted by Crippen LogP contribution is 2.39. The van der Waals surface area contributed by atoms with Crippen molar-refractivity contribution in [3.8, 4) is 0 Å². The Kier molecular flexibility index (Phi) is 6.42. The van der Waals surface area contributed by atoms with Crippen molar-refractivity contribution >= 4 is 56.3 Å². The molecule has 11 nitrogen and oxygen atoms in total. The molecule has 3 N–H and O–H groups in total. The number of carboxylic acid groups (broad SMARTS) is 1. The second-order valence-corrected chi connectivity index (χ2v) is 9.23. The zero-order valence-electron chi connectivity index (χ0n) is 18.5. The first-order valence-electron chi connectivity index (χ1n) is 10.8. The second-order valence-electron chi connectivity index (χ2n) is 8.18. The minimum absolute atomic E-state index is 0.126. The molecule has 2 aromatic rings. The molecule has 3 heterocycles. The van der Waals surface area contributed by atoms with Gasteiger partial charge < -0.3 is 20.1 Å². The third kappa shape index (κ3) is 4.53. The van der Waals surface area contributed by atoms with Gasteiger partial charge in [0.2, 0.25) is 5.91 Å². The number of urea groups is 1. The molecule has 0 unspecified atom stereocenters. The molecule has 0 atom stereocenters. The van der Waals surface area contributed by atoms with Crippen molar-refractivity contribution in [3.63, 3.8) is 0 Å². The zero-order valence-corrected chi connectivity index (χ0v) is 19.3. The maximum Gasteiger partial charge on any atom is 0.417 e. The summed E-state index contributed by atoms with van der Waals surface area (Å²) in [7, 11) is 0. The smallest absolute Gasteiger partial charge is 0.417 e. The van der Waals surface area contributed by atoms with E-state index in [1.165, 1.54) is 11.3 Å². The van der Waals surface area contributed by atoms with Crippen LogP contribution in [0.15, 0.2) is 24.3 Å². The number of ether oxygens (including phenoxy) is 1. The molecule has 2 aliphatic rings. The van der Waals surface area contributed by atoms with Crippen LogP contribution in [0.3, 0.4) is 0 Å². The van der Waals surface area contributed by atoms with Crippen molar-refractivity contribution in [2.75, 3.05) is 31.5 Å². The molecule has 1 aromatic heterocycles. The SMILES string of the molecule is CCNC(=O)Nc1sc2ccccc2c1C(=O)N1CCC2(CC1)CC(=O)N(CC(=O)O)C(=O)O2. The lowest BCUT2D eigenvalue weighted by molar-refractivity contribution is -0.154. The Morgan fingerprint density at radius 3 is 2.53 bits per heavy atom. The molecular formula is C22H24N4O7S. The van der Waals surface area contributed by atoms with Crippen molar-refractivity contribution in [1.29, 1.82) is 0 Å². The number of carboxylic acids is 1. The number of hydrogen-bond acceptors (Lipinski definition) is 7. The summed E-state index contributed by atoms with van der Waals surface area (Å²) in [6.45, 7) is 1.97. The summed E-state index contributed by atoms with van der Waals surface area (Å²) in [6.07, 6.45) is -0.605. The van der Waals surface area contributed by atoms with E-state index < -0.39 is 36.1 Å². The first-order chi connectivity index (χ1) is 16.2. The van der Waals surface area contributed by atoms with Crippen LogP contribution in [0.5, 0.6) is 0 Å². The molecule has 5 amide bonds. The molecule has 2 aliphatic heterocycles. The van der Waals surface area contributed by atoms with E-state index in [-0.39, 0.29) is 38.3 Å². The van der Waals surface area contributed by atoms with E-state index >= 15 is 0 Å². The lowest BCUT2D eigenvalue weighted by Gasteiger charge is -2.44. The average molecular weight is 489 g/mol. The number of amides is 5. The van der Waals surface area contributed by atoms with Gasteiger partial charge in [-0.1, -0.05) is 18.2 Å². The maximum absolute atomic E-state index is 13.5. The van der Waals surface area contributed by atoms with Gasteiger partial charge in [-0.3, -0.25) is 19.7 Å². The molecule has 0 bridgehead atoms. The molecule has 0 radical (unpaired) electrons. The number of carbonyl (C=O) groups is 5. The maximum atomic E-state index is 13.5. The largest absolute Gasteiger partial charge is 0.480 e. The van der Waals surface area contributed by atoms with Crippen molar-refractivity contribution in [3.05, 3.63) is 29.8 Å². The number of fused-ring (bicyclic) bond motifs is 1. The van der Waals surface area contributed by atoms with Crippen LogP contribution in [0.2, 0.25) is 0 Å². The Bertz CT molecular complexity index is 1150. The van der Waals surface area contributed by atoms with Gasteiger partial charge in [-0.2, -0.15) is 0 Å². The number of hydrogen-bond donors (Lipinski definition) is 3. The average Bonchev–Trinajstić information content (AvgIpc) is 3.14. The monoisotopic (exact) mass is 488 g/mol.